The molecule has 0 atom stereocenters. The van der Waals surface area contributed by atoms with E-state index in [2.05, 4.69) is 51.2 Å². The van der Waals surface area contributed by atoms with Crippen molar-refractivity contribution in [3.05, 3.63) is 29.3 Å². The number of aryl methyl sites for hydroxylation is 1. The monoisotopic (exact) mass is 289 g/mol. The fraction of sp³-hybridized carbons (Fsp3) is 0.684. The van der Waals surface area contributed by atoms with E-state index in [4.69, 9.17) is 4.74 Å². The molecular formula is C19H31NO. The average Bonchev–Trinajstić information content (AvgIpc) is 2.92. The molecule has 2 heteroatoms. The van der Waals surface area contributed by atoms with Crippen molar-refractivity contribution in [3.8, 4) is 5.75 Å². The second-order valence-electron chi connectivity index (χ2n) is 7.39. The van der Waals surface area contributed by atoms with Crippen LogP contribution in [0.4, 0.5) is 0 Å². The Morgan fingerprint density at radius 1 is 1.19 bits per heavy atom. The first-order chi connectivity index (χ1) is 9.97. The van der Waals surface area contributed by atoms with Crippen LogP contribution >= 0.6 is 0 Å². The van der Waals surface area contributed by atoms with Crippen molar-refractivity contribution >= 4 is 0 Å². The summed E-state index contributed by atoms with van der Waals surface area (Å²) in [6.07, 6.45) is 6.58. The molecule has 0 aliphatic heterocycles. The van der Waals surface area contributed by atoms with E-state index in [0.717, 1.165) is 31.4 Å². The molecule has 0 spiro atoms. The van der Waals surface area contributed by atoms with E-state index in [-0.39, 0.29) is 5.41 Å². The lowest BCUT2D eigenvalue weighted by molar-refractivity contribution is 0.297. The van der Waals surface area contributed by atoms with Gasteiger partial charge in [0.2, 0.25) is 0 Å². The van der Waals surface area contributed by atoms with Crippen LogP contribution in [0.25, 0.3) is 0 Å². The van der Waals surface area contributed by atoms with E-state index >= 15 is 0 Å². The highest BCUT2D eigenvalue weighted by Crippen LogP contribution is 2.32. The molecule has 0 heterocycles. The van der Waals surface area contributed by atoms with Crippen LogP contribution in [0.5, 0.6) is 5.75 Å². The second kappa shape index (κ2) is 7.31. The molecule has 0 amide bonds. The molecule has 2 nitrogen and oxygen atoms in total. The zero-order valence-corrected chi connectivity index (χ0v) is 14.2. The van der Waals surface area contributed by atoms with Crippen molar-refractivity contribution < 1.29 is 4.74 Å². The number of benzene rings is 1. The quantitative estimate of drug-likeness (QED) is 0.773. The lowest BCUT2D eigenvalue weighted by atomic mass is 9.85. The topological polar surface area (TPSA) is 21.3 Å². The highest BCUT2D eigenvalue weighted by molar-refractivity contribution is 5.41. The van der Waals surface area contributed by atoms with Gasteiger partial charge in [0.1, 0.15) is 5.75 Å². The summed E-state index contributed by atoms with van der Waals surface area (Å²) in [7, 11) is 0. The molecule has 0 radical (unpaired) electrons. The molecule has 21 heavy (non-hydrogen) atoms. The van der Waals surface area contributed by atoms with Crippen molar-refractivity contribution in [3.63, 3.8) is 0 Å². The van der Waals surface area contributed by atoms with E-state index in [0.29, 0.717) is 0 Å². The van der Waals surface area contributed by atoms with E-state index in [9.17, 15) is 0 Å². The van der Waals surface area contributed by atoms with Gasteiger partial charge < -0.3 is 10.1 Å². The Kier molecular flexibility index (Phi) is 5.69. The third kappa shape index (κ3) is 5.03. The Morgan fingerprint density at radius 3 is 2.57 bits per heavy atom. The summed E-state index contributed by atoms with van der Waals surface area (Å²) >= 11 is 0. The van der Waals surface area contributed by atoms with Crippen LogP contribution in [-0.4, -0.2) is 19.2 Å². The highest BCUT2D eigenvalue weighted by Gasteiger charge is 2.19. The number of rotatable bonds is 6. The van der Waals surface area contributed by atoms with Crippen LogP contribution in [0.2, 0.25) is 0 Å². The van der Waals surface area contributed by atoms with Crippen LogP contribution < -0.4 is 10.1 Å². The second-order valence-corrected chi connectivity index (χ2v) is 7.39. The predicted molar refractivity (Wildman–Crippen MR) is 90.2 cm³/mol. The van der Waals surface area contributed by atoms with Crippen molar-refractivity contribution in [2.45, 2.75) is 71.3 Å². The first kappa shape index (κ1) is 16.4. The molecule has 2 rings (SSSR count). The SMILES string of the molecule is Cc1ccc(OCCCNC2CCCC2)c(C(C)(C)C)c1. The van der Waals surface area contributed by atoms with Gasteiger partial charge in [-0.25, -0.2) is 0 Å². The molecule has 1 aromatic carbocycles. The first-order valence-electron chi connectivity index (χ1n) is 8.44. The average molecular weight is 289 g/mol. The van der Waals surface area contributed by atoms with Crippen molar-refractivity contribution in [2.75, 3.05) is 13.2 Å². The lowest BCUT2D eigenvalue weighted by Gasteiger charge is -2.23. The Labute approximate surface area is 130 Å². The fourth-order valence-electron chi connectivity index (χ4n) is 3.05. The largest absolute Gasteiger partial charge is 0.493 e. The summed E-state index contributed by atoms with van der Waals surface area (Å²) in [5, 5.41) is 3.64. The summed E-state index contributed by atoms with van der Waals surface area (Å²) in [6.45, 7) is 10.8. The zero-order chi connectivity index (χ0) is 15.3. The fourth-order valence-corrected chi connectivity index (χ4v) is 3.05. The molecular weight excluding hydrogens is 258 g/mol. The minimum Gasteiger partial charge on any atom is -0.493 e. The zero-order valence-electron chi connectivity index (χ0n) is 14.2. The molecule has 1 aliphatic carbocycles. The number of nitrogens with one attached hydrogen (secondary N) is 1. The standard InChI is InChI=1S/C19H31NO/c1-15-10-11-18(17(14-15)19(2,3)4)21-13-7-12-20-16-8-5-6-9-16/h10-11,14,16,20H,5-9,12-13H2,1-4H3. The van der Waals surface area contributed by atoms with Gasteiger partial charge >= 0.3 is 0 Å². The number of hydrogen-bond donors (Lipinski definition) is 1. The van der Waals surface area contributed by atoms with E-state index in [1.807, 2.05) is 0 Å². The Morgan fingerprint density at radius 2 is 1.90 bits per heavy atom. The van der Waals surface area contributed by atoms with Gasteiger partial charge in [-0.2, -0.15) is 0 Å². The van der Waals surface area contributed by atoms with Gasteiger partial charge in [0.05, 0.1) is 6.61 Å². The smallest absolute Gasteiger partial charge is 0.123 e. The molecule has 1 aromatic rings. The van der Waals surface area contributed by atoms with E-state index in [1.165, 1.54) is 36.8 Å². The third-order valence-corrected chi connectivity index (χ3v) is 4.31. The van der Waals surface area contributed by atoms with Crippen LogP contribution in [0.15, 0.2) is 18.2 Å². The maximum absolute atomic E-state index is 6.04. The molecule has 1 N–H and O–H groups in total. The van der Waals surface area contributed by atoms with E-state index < -0.39 is 0 Å². The van der Waals surface area contributed by atoms with E-state index in [1.54, 1.807) is 0 Å². The molecule has 1 saturated carbocycles. The number of hydrogen-bond acceptors (Lipinski definition) is 2. The van der Waals surface area contributed by atoms with Gasteiger partial charge in [0.15, 0.2) is 0 Å². The van der Waals surface area contributed by atoms with Crippen molar-refractivity contribution in [2.24, 2.45) is 0 Å². The van der Waals surface area contributed by atoms with Gasteiger partial charge in [-0.1, -0.05) is 51.3 Å². The summed E-state index contributed by atoms with van der Waals surface area (Å²) in [6, 6.07) is 7.28. The Balaban J connectivity index is 1.79. The normalized spacial score (nSPS) is 16.4. The highest BCUT2D eigenvalue weighted by atomic mass is 16.5. The first-order valence-corrected chi connectivity index (χ1v) is 8.44. The lowest BCUT2D eigenvalue weighted by Crippen LogP contribution is -2.27. The molecule has 1 aliphatic rings. The maximum atomic E-state index is 6.04. The van der Waals surface area contributed by atoms with Crippen LogP contribution in [-0.2, 0) is 5.41 Å². The van der Waals surface area contributed by atoms with Gasteiger partial charge in [0, 0.05) is 6.04 Å². The summed E-state index contributed by atoms with van der Waals surface area (Å²) in [5.41, 5.74) is 2.74. The Bertz CT molecular complexity index is 441. The van der Waals surface area contributed by atoms with Crippen molar-refractivity contribution in [1.29, 1.82) is 0 Å². The molecule has 1 fully saturated rings. The summed E-state index contributed by atoms with van der Waals surface area (Å²) in [4.78, 5) is 0. The van der Waals surface area contributed by atoms with Gasteiger partial charge in [0.25, 0.3) is 0 Å². The molecule has 0 aromatic heterocycles. The molecule has 0 saturated heterocycles. The van der Waals surface area contributed by atoms with Crippen molar-refractivity contribution in [1.82, 2.24) is 5.32 Å². The third-order valence-electron chi connectivity index (χ3n) is 4.31. The molecule has 118 valence electrons. The van der Waals surface area contributed by atoms with Crippen LogP contribution in [0, 0.1) is 6.92 Å². The van der Waals surface area contributed by atoms with Crippen LogP contribution in [0.1, 0.15) is 64.0 Å². The van der Waals surface area contributed by atoms with Gasteiger partial charge in [-0.15, -0.1) is 0 Å². The Hall–Kier alpha value is -1.02. The maximum Gasteiger partial charge on any atom is 0.123 e. The molecule has 0 bridgehead atoms. The summed E-state index contributed by atoms with van der Waals surface area (Å²) in [5.74, 6) is 1.05. The minimum atomic E-state index is 0.128. The predicted octanol–water partition coefficient (Wildman–Crippen LogP) is 4.59. The summed E-state index contributed by atoms with van der Waals surface area (Å²) < 4.78 is 6.04. The number of ether oxygens (including phenoxy) is 1. The van der Waals surface area contributed by atoms with Gasteiger partial charge in [-0.05, 0) is 49.8 Å². The van der Waals surface area contributed by atoms with Crippen LogP contribution in [0.3, 0.4) is 0 Å². The molecule has 0 unspecified atom stereocenters. The minimum absolute atomic E-state index is 0.128. The van der Waals surface area contributed by atoms with Gasteiger partial charge in [-0.3, -0.25) is 0 Å².